The van der Waals surface area contributed by atoms with Crippen molar-refractivity contribution in [3.05, 3.63) is 102 Å². The highest BCUT2D eigenvalue weighted by molar-refractivity contribution is 6.09. The number of amides is 3. The van der Waals surface area contributed by atoms with Crippen LogP contribution >= 0.6 is 0 Å². The number of imide groups is 1. The average molecular weight is 442 g/mol. The highest BCUT2D eigenvalue weighted by atomic mass is 16.5. The summed E-state index contributed by atoms with van der Waals surface area (Å²) < 4.78 is 5.26. The minimum absolute atomic E-state index is 0.245. The van der Waals surface area contributed by atoms with E-state index >= 15 is 0 Å². The predicted molar refractivity (Wildman–Crippen MR) is 125 cm³/mol. The molecule has 0 aromatic heterocycles. The van der Waals surface area contributed by atoms with Crippen LogP contribution in [0.2, 0.25) is 0 Å². The van der Waals surface area contributed by atoms with E-state index in [1.807, 2.05) is 84.9 Å². The normalized spacial score (nSPS) is 17.3. The molecule has 1 N–H and O–H groups in total. The van der Waals surface area contributed by atoms with Gasteiger partial charge in [0.2, 0.25) is 0 Å². The van der Waals surface area contributed by atoms with Gasteiger partial charge in [-0.1, -0.05) is 72.8 Å². The fourth-order valence-corrected chi connectivity index (χ4v) is 4.52. The molecule has 6 heteroatoms. The molecule has 5 rings (SSSR count). The minimum Gasteiger partial charge on any atom is -0.497 e. The Morgan fingerprint density at radius 3 is 2.00 bits per heavy atom. The predicted octanol–water partition coefficient (Wildman–Crippen LogP) is 4.11. The Morgan fingerprint density at radius 2 is 1.48 bits per heavy atom. The summed E-state index contributed by atoms with van der Waals surface area (Å²) in [5.41, 5.74) is 1.40. The summed E-state index contributed by atoms with van der Waals surface area (Å²) in [7, 11) is 1.65. The molecule has 3 aromatic rings. The molecular formula is C27H27N3O3. The number of benzene rings is 3. The zero-order valence-electron chi connectivity index (χ0n) is 18.6. The van der Waals surface area contributed by atoms with Gasteiger partial charge in [0.15, 0.2) is 5.54 Å². The summed E-state index contributed by atoms with van der Waals surface area (Å²) in [4.78, 5) is 30.7. The number of nitrogens with zero attached hydrogens (tertiary/aromatic N) is 2. The van der Waals surface area contributed by atoms with Crippen LogP contribution in [0.15, 0.2) is 84.9 Å². The molecule has 0 radical (unpaired) electrons. The summed E-state index contributed by atoms with van der Waals surface area (Å²) in [6, 6.07) is 26.9. The van der Waals surface area contributed by atoms with Crippen molar-refractivity contribution < 1.29 is 14.3 Å². The third-order valence-electron chi connectivity index (χ3n) is 6.45. The molecule has 3 aromatic carbocycles. The zero-order chi connectivity index (χ0) is 22.8. The average Bonchev–Trinajstić information content (AvgIpc) is 3.68. The highest BCUT2D eigenvalue weighted by Crippen LogP contribution is 2.37. The van der Waals surface area contributed by atoms with Crippen LogP contribution in [-0.2, 0) is 16.9 Å². The second-order valence-corrected chi connectivity index (χ2v) is 8.61. The van der Waals surface area contributed by atoms with Gasteiger partial charge < -0.3 is 10.1 Å². The number of carbonyl (C=O) groups is 2. The van der Waals surface area contributed by atoms with Crippen LogP contribution in [0.4, 0.5) is 4.79 Å². The standard InChI is InChI=1S/C27H27N3O3/c1-33-24-16-12-20(13-17-24)18-29(23-14-15-23)19-30-25(31)27(28-26(30)32,21-8-4-2-5-9-21)22-10-6-3-7-11-22/h2-13,16-17,23H,14-15,18-19H2,1H3,(H,28,32). The molecular weight excluding hydrogens is 414 g/mol. The molecule has 1 aliphatic heterocycles. The van der Waals surface area contributed by atoms with Crippen molar-refractivity contribution in [1.29, 1.82) is 0 Å². The quantitative estimate of drug-likeness (QED) is 0.535. The Balaban J connectivity index is 1.44. The van der Waals surface area contributed by atoms with Crippen LogP contribution in [0.25, 0.3) is 0 Å². The first-order valence-electron chi connectivity index (χ1n) is 11.2. The smallest absolute Gasteiger partial charge is 0.326 e. The van der Waals surface area contributed by atoms with Gasteiger partial charge in [0.25, 0.3) is 5.91 Å². The molecule has 1 aliphatic carbocycles. The number of hydrogen-bond donors (Lipinski definition) is 1. The molecule has 0 spiro atoms. The van der Waals surface area contributed by atoms with E-state index in [2.05, 4.69) is 10.2 Å². The first-order chi connectivity index (χ1) is 16.1. The van der Waals surface area contributed by atoms with Crippen LogP contribution < -0.4 is 10.1 Å². The number of nitrogens with one attached hydrogen (secondary N) is 1. The van der Waals surface area contributed by atoms with Gasteiger partial charge in [0.05, 0.1) is 13.8 Å². The SMILES string of the molecule is COc1ccc(CN(CN2C(=O)NC(c3ccccc3)(c3ccccc3)C2=O)C2CC2)cc1. The molecule has 0 atom stereocenters. The van der Waals surface area contributed by atoms with Crippen molar-refractivity contribution >= 4 is 11.9 Å². The van der Waals surface area contributed by atoms with Gasteiger partial charge in [0, 0.05) is 12.6 Å². The molecule has 1 saturated carbocycles. The van der Waals surface area contributed by atoms with Crippen LogP contribution in [0.3, 0.4) is 0 Å². The number of ether oxygens (including phenoxy) is 1. The Hall–Kier alpha value is -3.64. The first kappa shape index (κ1) is 21.2. The molecule has 1 saturated heterocycles. The lowest BCUT2D eigenvalue weighted by Crippen LogP contribution is -2.46. The van der Waals surface area contributed by atoms with Gasteiger partial charge in [-0.15, -0.1) is 0 Å². The molecule has 33 heavy (non-hydrogen) atoms. The van der Waals surface area contributed by atoms with E-state index in [4.69, 9.17) is 4.74 Å². The summed E-state index contributed by atoms with van der Waals surface area (Å²) in [6.07, 6.45) is 2.14. The monoisotopic (exact) mass is 441 g/mol. The topological polar surface area (TPSA) is 61.9 Å². The number of hydrogen-bond acceptors (Lipinski definition) is 4. The largest absolute Gasteiger partial charge is 0.497 e. The van der Waals surface area contributed by atoms with E-state index in [9.17, 15) is 9.59 Å². The lowest BCUT2D eigenvalue weighted by molar-refractivity contribution is -0.131. The second kappa shape index (κ2) is 8.71. The lowest BCUT2D eigenvalue weighted by Gasteiger charge is -2.30. The Kier molecular flexibility index (Phi) is 5.60. The van der Waals surface area contributed by atoms with E-state index < -0.39 is 5.54 Å². The number of rotatable bonds is 8. The highest BCUT2D eigenvalue weighted by Gasteiger charge is 2.54. The number of urea groups is 1. The fraction of sp³-hybridized carbons (Fsp3) is 0.259. The van der Waals surface area contributed by atoms with Gasteiger partial charge in [-0.3, -0.25) is 9.69 Å². The van der Waals surface area contributed by atoms with Crippen molar-refractivity contribution in [3.63, 3.8) is 0 Å². The molecule has 6 nitrogen and oxygen atoms in total. The van der Waals surface area contributed by atoms with E-state index in [0.29, 0.717) is 12.6 Å². The van der Waals surface area contributed by atoms with E-state index in [1.54, 1.807) is 7.11 Å². The van der Waals surface area contributed by atoms with Crippen molar-refractivity contribution in [3.8, 4) is 5.75 Å². The maximum absolute atomic E-state index is 14.0. The van der Waals surface area contributed by atoms with Crippen LogP contribution in [0.1, 0.15) is 29.5 Å². The Labute approximate surface area is 193 Å². The third-order valence-corrected chi connectivity index (χ3v) is 6.45. The summed E-state index contributed by atoms with van der Waals surface area (Å²) in [6.45, 7) is 0.915. The van der Waals surface area contributed by atoms with Gasteiger partial charge in [0.1, 0.15) is 5.75 Å². The number of carbonyl (C=O) groups excluding carboxylic acids is 2. The maximum atomic E-state index is 14.0. The van der Waals surface area contributed by atoms with Gasteiger partial charge in [-0.05, 0) is 41.7 Å². The first-order valence-corrected chi connectivity index (χ1v) is 11.2. The summed E-state index contributed by atoms with van der Waals surface area (Å²) in [5.74, 6) is 0.562. The third kappa shape index (κ3) is 3.98. The molecule has 0 bridgehead atoms. The fourth-order valence-electron chi connectivity index (χ4n) is 4.52. The van der Waals surface area contributed by atoms with E-state index in [1.165, 1.54) is 4.90 Å². The Bertz CT molecular complexity index is 1090. The molecule has 2 aliphatic rings. The lowest BCUT2D eigenvalue weighted by atomic mass is 9.83. The van der Waals surface area contributed by atoms with Gasteiger partial charge >= 0.3 is 6.03 Å². The second-order valence-electron chi connectivity index (χ2n) is 8.61. The molecule has 1 heterocycles. The van der Waals surface area contributed by atoms with Crippen LogP contribution in [-0.4, -0.2) is 41.6 Å². The molecule has 168 valence electrons. The maximum Gasteiger partial charge on any atom is 0.326 e. The summed E-state index contributed by atoms with van der Waals surface area (Å²) >= 11 is 0. The Morgan fingerprint density at radius 1 is 0.909 bits per heavy atom. The van der Waals surface area contributed by atoms with Crippen molar-refractivity contribution in [1.82, 2.24) is 15.1 Å². The van der Waals surface area contributed by atoms with Crippen LogP contribution in [0.5, 0.6) is 5.75 Å². The zero-order valence-corrected chi connectivity index (χ0v) is 18.6. The summed E-state index contributed by atoms with van der Waals surface area (Å²) in [5, 5.41) is 3.04. The van der Waals surface area contributed by atoms with Crippen LogP contribution in [0, 0.1) is 0 Å². The van der Waals surface area contributed by atoms with Gasteiger partial charge in [-0.2, -0.15) is 0 Å². The van der Waals surface area contributed by atoms with Gasteiger partial charge in [-0.25, -0.2) is 9.69 Å². The van der Waals surface area contributed by atoms with Crippen molar-refractivity contribution in [2.45, 2.75) is 31.0 Å². The molecule has 3 amide bonds. The van der Waals surface area contributed by atoms with Crippen molar-refractivity contribution in [2.75, 3.05) is 13.8 Å². The van der Waals surface area contributed by atoms with E-state index in [0.717, 1.165) is 35.3 Å². The minimum atomic E-state index is -1.23. The number of methoxy groups -OCH3 is 1. The van der Waals surface area contributed by atoms with Crippen molar-refractivity contribution in [2.24, 2.45) is 0 Å². The molecule has 2 fully saturated rings. The van der Waals surface area contributed by atoms with E-state index in [-0.39, 0.29) is 18.6 Å². The molecule has 0 unspecified atom stereocenters.